The first-order valence-electron chi connectivity index (χ1n) is 7.44. The molecule has 112 valence electrons. The molecule has 0 spiro atoms. The predicted molar refractivity (Wildman–Crippen MR) is 90.9 cm³/mol. The molecular formula is C18H21BrFN. The molecule has 0 fully saturated rings. The zero-order chi connectivity index (χ0) is 15.2. The lowest BCUT2D eigenvalue weighted by Gasteiger charge is -2.18. The summed E-state index contributed by atoms with van der Waals surface area (Å²) in [6.07, 6.45) is 2.13. The van der Waals surface area contributed by atoms with Crippen LogP contribution >= 0.6 is 15.9 Å². The van der Waals surface area contributed by atoms with E-state index in [2.05, 4.69) is 47.2 Å². The van der Waals surface area contributed by atoms with Gasteiger partial charge in [-0.3, -0.25) is 0 Å². The molecule has 0 saturated carbocycles. The Balaban J connectivity index is 2.34. The van der Waals surface area contributed by atoms with Crippen molar-refractivity contribution in [2.24, 2.45) is 0 Å². The van der Waals surface area contributed by atoms with Crippen LogP contribution in [0.25, 0.3) is 11.1 Å². The van der Waals surface area contributed by atoms with Crippen molar-refractivity contribution in [1.29, 1.82) is 0 Å². The Morgan fingerprint density at radius 2 is 1.95 bits per heavy atom. The molecule has 0 aliphatic carbocycles. The van der Waals surface area contributed by atoms with Gasteiger partial charge >= 0.3 is 0 Å². The van der Waals surface area contributed by atoms with Gasteiger partial charge in [-0.2, -0.15) is 0 Å². The Morgan fingerprint density at radius 1 is 1.14 bits per heavy atom. The molecule has 0 bridgehead atoms. The molecule has 0 amide bonds. The largest absolute Gasteiger partial charge is 0.310 e. The summed E-state index contributed by atoms with van der Waals surface area (Å²) in [6, 6.07) is 13.5. The van der Waals surface area contributed by atoms with Gasteiger partial charge in [-0.05, 0) is 54.8 Å². The van der Waals surface area contributed by atoms with Crippen LogP contribution in [-0.4, -0.2) is 6.54 Å². The third-order valence-corrected chi connectivity index (χ3v) is 4.07. The summed E-state index contributed by atoms with van der Waals surface area (Å²) in [5.41, 5.74) is 2.77. The van der Waals surface area contributed by atoms with Gasteiger partial charge in [0.25, 0.3) is 0 Å². The van der Waals surface area contributed by atoms with Crippen molar-refractivity contribution in [3.05, 3.63) is 58.3 Å². The van der Waals surface area contributed by atoms with Crippen molar-refractivity contribution in [2.45, 2.75) is 32.7 Å². The number of nitrogens with one attached hydrogen (secondary N) is 1. The molecule has 2 aromatic rings. The van der Waals surface area contributed by atoms with E-state index in [1.165, 1.54) is 11.6 Å². The summed E-state index contributed by atoms with van der Waals surface area (Å²) in [6.45, 7) is 5.32. The SMILES string of the molecule is CCCNC(CC)c1cccc(-c2cc(Br)ccc2F)c1. The van der Waals surface area contributed by atoms with E-state index in [0.29, 0.717) is 11.6 Å². The van der Waals surface area contributed by atoms with Crippen LogP contribution in [0.1, 0.15) is 38.3 Å². The molecule has 3 heteroatoms. The minimum absolute atomic E-state index is 0.190. The third kappa shape index (κ3) is 4.14. The van der Waals surface area contributed by atoms with E-state index in [4.69, 9.17) is 0 Å². The highest BCUT2D eigenvalue weighted by molar-refractivity contribution is 9.10. The molecule has 1 nitrogen and oxygen atoms in total. The summed E-state index contributed by atoms with van der Waals surface area (Å²) in [5, 5.41) is 3.54. The van der Waals surface area contributed by atoms with Crippen molar-refractivity contribution in [3.63, 3.8) is 0 Å². The lowest BCUT2D eigenvalue weighted by molar-refractivity contribution is 0.518. The number of halogens is 2. The molecule has 2 rings (SSSR count). The second kappa shape index (κ2) is 7.71. The van der Waals surface area contributed by atoms with Gasteiger partial charge in [-0.15, -0.1) is 0 Å². The van der Waals surface area contributed by atoms with Crippen molar-refractivity contribution in [1.82, 2.24) is 5.32 Å². The van der Waals surface area contributed by atoms with Crippen molar-refractivity contribution >= 4 is 15.9 Å². The minimum atomic E-state index is -0.190. The van der Waals surface area contributed by atoms with Crippen LogP contribution in [0.5, 0.6) is 0 Å². The fourth-order valence-electron chi connectivity index (χ4n) is 2.46. The van der Waals surface area contributed by atoms with Crippen LogP contribution in [0.15, 0.2) is 46.9 Å². The first-order valence-corrected chi connectivity index (χ1v) is 8.23. The van der Waals surface area contributed by atoms with Gasteiger partial charge in [0, 0.05) is 16.1 Å². The predicted octanol–water partition coefficient (Wildman–Crippen LogP) is 5.71. The van der Waals surface area contributed by atoms with Crippen molar-refractivity contribution in [2.75, 3.05) is 6.54 Å². The van der Waals surface area contributed by atoms with Crippen LogP contribution in [0.4, 0.5) is 4.39 Å². The third-order valence-electron chi connectivity index (χ3n) is 3.58. The number of hydrogen-bond acceptors (Lipinski definition) is 1. The molecule has 0 aromatic heterocycles. The Hall–Kier alpha value is -1.19. The first kappa shape index (κ1) is 16.2. The summed E-state index contributed by atoms with van der Waals surface area (Å²) < 4.78 is 14.9. The molecule has 0 aliphatic heterocycles. The first-order chi connectivity index (χ1) is 10.2. The summed E-state index contributed by atoms with van der Waals surface area (Å²) in [4.78, 5) is 0. The van der Waals surface area contributed by atoms with Crippen molar-refractivity contribution in [3.8, 4) is 11.1 Å². The molecule has 1 N–H and O–H groups in total. The molecule has 0 aliphatic rings. The maximum absolute atomic E-state index is 14.0. The lowest BCUT2D eigenvalue weighted by Crippen LogP contribution is -2.21. The molecule has 1 atom stereocenters. The Labute approximate surface area is 134 Å². The van der Waals surface area contributed by atoms with Gasteiger partial charge in [0.15, 0.2) is 0 Å². The smallest absolute Gasteiger partial charge is 0.131 e. The Bertz CT molecular complexity index is 598. The highest BCUT2D eigenvalue weighted by Gasteiger charge is 2.11. The van der Waals surface area contributed by atoms with Gasteiger partial charge in [0.2, 0.25) is 0 Å². The van der Waals surface area contributed by atoms with Gasteiger partial charge in [0.05, 0.1) is 0 Å². The lowest BCUT2D eigenvalue weighted by atomic mass is 9.98. The second-order valence-corrected chi connectivity index (χ2v) is 6.08. The number of hydrogen-bond donors (Lipinski definition) is 1. The zero-order valence-electron chi connectivity index (χ0n) is 12.5. The summed E-state index contributed by atoms with van der Waals surface area (Å²) >= 11 is 3.41. The maximum atomic E-state index is 14.0. The zero-order valence-corrected chi connectivity index (χ0v) is 14.1. The highest BCUT2D eigenvalue weighted by Crippen LogP contribution is 2.29. The fourth-order valence-corrected chi connectivity index (χ4v) is 2.82. The van der Waals surface area contributed by atoms with Crippen LogP contribution in [0.2, 0.25) is 0 Å². The van der Waals surface area contributed by atoms with E-state index in [1.54, 1.807) is 6.07 Å². The molecule has 1 unspecified atom stereocenters. The van der Waals surface area contributed by atoms with E-state index in [9.17, 15) is 4.39 Å². The average molecular weight is 350 g/mol. The normalized spacial score (nSPS) is 12.4. The van der Waals surface area contributed by atoms with Crippen molar-refractivity contribution < 1.29 is 4.39 Å². The van der Waals surface area contributed by atoms with E-state index in [-0.39, 0.29) is 5.82 Å². The minimum Gasteiger partial charge on any atom is -0.310 e. The van der Waals surface area contributed by atoms with Gasteiger partial charge < -0.3 is 5.32 Å². The van der Waals surface area contributed by atoms with Gasteiger partial charge in [0.1, 0.15) is 5.82 Å². The van der Waals surface area contributed by atoms with E-state index in [1.807, 2.05) is 18.2 Å². The topological polar surface area (TPSA) is 12.0 Å². The molecule has 21 heavy (non-hydrogen) atoms. The number of rotatable bonds is 6. The van der Waals surface area contributed by atoms with Gasteiger partial charge in [-0.1, -0.05) is 48.0 Å². The van der Waals surface area contributed by atoms with E-state index < -0.39 is 0 Å². The average Bonchev–Trinajstić information content (AvgIpc) is 2.51. The standard InChI is InChI=1S/C18H21BrFN/c1-3-10-21-18(4-2)14-7-5-6-13(11-14)16-12-15(19)8-9-17(16)20/h5-9,11-12,18,21H,3-4,10H2,1-2H3. The highest BCUT2D eigenvalue weighted by atomic mass is 79.9. The van der Waals surface area contributed by atoms with Gasteiger partial charge in [-0.25, -0.2) is 4.39 Å². The second-order valence-electron chi connectivity index (χ2n) is 5.16. The monoisotopic (exact) mass is 349 g/mol. The number of benzene rings is 2. The summed E-state index contributed by atoms with van der Waals surface area (Å²) in [5.74, 6) is -0.190. The van der Waals surface area contributed by atoms with Crippen LogP contribution in [0, 0.1) is 5.82 Å². The van der Waals surface area contributed by atoms with E-state index in [0.717, 1.165) is 29.4 Å². The maximum Gasteiger partial charge on any atom is 0.131 e. The van der Waals surface area contributed by atoms with Crippen LogP contribution < -0.4 is 5.32 Å². The Morgan fingerprint density at radius 3 is 2.67 bits per heavy atom. The quantitative estimate of drug-likeness (QED) is 0.704. The van der Waals surface area contributed by atoms with Crippen LogP contribution in [0.3, 0.4) is 0 Å². The molecule has 0 heterocycles. The molecular weight excluding hydrogens is 329 g/mol. The Kier molecular flexibility index (Phi) is 5.95. The molecule has 0 radical (unpaired) electrons. The summed E-state index contributed by atoms with van der Waals surface area (Å²) in [7, 11) is 0. The molecule has 0 saturated heterocycles. The van der Waals surface area contributed by atoms with E-state index >= 15 is 0 Å². The molecule has 2 aromatic carbocycles. The van der Waals surface area contributed by atoms with Crippen LogP contribution in [-0.2, 0) is 0 Å². The fraction of sp³-hybridized carbons (Fsp3) is 0.333.